The molecule has 0 atom stereocenters. The molecule has 3 N–H and O–H groups in total. The molecule has 0 radical (unpaired) electrons. The fourth-order valence-electron chi connectivity index (χ4n) is 1.60. The second-order valence-corrected chi connectivity index (χ2v) is 4.31. The molecule has 0 aromatic heterocycles. The summed E-state index contributed by atoms with van der Waals surface area (Å²) in [4.78, 5) is 11.8. The second kappa shape index (κ2) is 5.34. The molecule has 0 aliphatic rings. The molecule has 0 saturated carbocycles. The first-order valence-electron chi connectivity index (χ1n) is 5.37. The molecule has 2 aromatic carbocycles. The zero-order chi connectivity index (χ0) is 14.9. The first kappa shape index (κ1) is 14.1. The van der Waals surface area contributed by atoms with Gasteiger partial charge >= 0.3 is 0 Å². The second-order valence-electron chi connectivity index (χ2n) is 3.87. The van der Waals surface area contributed by atoms with Gasteiger partial charge in [-0.1, -0.05) is 17.7 Å². The summed E-state index contributed by atoms with van der Waals surface area (Å²) >= 11 is 5.57. The summed E-state index contributed by atoms with van der Waals surface area (Å²) in [6.07, 6.45) is 0. The zero-order valence-corrected chi connectivity index (χ0v) is 10.6. The number of hydrogen-bond acceptors (Lipinski definition) is 3. The van der Waals surface area contributed by atoms with Crippen LogP contribution < -0.4 is 5.32 Å². The summed E-state index contributed by atoms with van der Waals surface area (Å²) < 4.78 is 26.8. The number of hydrogen-bond donors (Lipinski definition) is 3. The van der Waals surface area contributed by atoms with E-state index in [1.165, 1.54) is 0 Å². The molecule has 20 heavy (non-hydrogen) atoms. The minimum atomic E-state index is -1.14. The van der Waals surface area contributed by atoms with Crippen LogP contribution in [0.5, 0.6) is 11.5 Å². The maximum atomic E-state index is 13.4. The molecule has 0 aliphatic heterocycles. The Morgan fingerprint density at radius 2 is 1.60 bits per heavy atom. The Hall–Kier alpha value is -2.34. The number of carbonyl (C=O) groups is 1. The molecule has 2 rings (SSSR count). The third-order valence-corrected chi connectivity index (χ3v) is 2.71. The maximum Gasteiger partial charge on any atom is 0.261 e. The fourth-order valence-corrected chi connectivity index (χ4v) is 1.80. The highest BCUT2D eigenvalue weighted by Crippen LogP contribution is 2.36. The van der Waals surface area contributed by atoms with Gasteiger partial charge in [-0.05, 0) is 12.1 Å². The predicted molar refractivity (Wildman–Crippen MR) is 69.1 cm³/mol. The lowest BCUT2D eigenvalue weighted by molar-refractivity contribution is 0.101. The van der Waals surface area contributed by atoms with Crippen molar-refractivity contribution in [2.75, 3.05) is 5.32 Å². The quantitative estimate of drug-likeness (QED) is 0.745. The van der Waals surface area contributed by atoms with E-state index in [0.717, 1.165) is 30.3 Å². The van der Waals surface area contributed by atoms with Crippen LogP contribution in [0.2, 0.25) is 5.02 Å². The molecule has 7 heteroatoms. The van der Waals surface area contributed by atoms with Crippen molar-refractivity contribution in [3.05, 3.63) is 52.6 Å². The molecule has 0 unspecified atom stereocenters. The molecule has 0 heterocycles. The third-order valence-electron chi connectivity index (χ3n) is 2.49. The molecule has 104 valence electrons. The SMILES string of the molecule is O=C(Nc1c(O)cc(Cl)cc1O)c1c(F)cccc1F. The van der Waals surface area contributed by atoms with E-state index in [1.807, 2.05) is 5.32 Å². The van der Waals surface area contributed by atoms with E-state index in [9.17, 15) is 23.8 Å². The standard InChI is InChI=1S/C13H8ClF2NO3/c14-6-4-9(18)12(10(19)5-6)17-13(20)11-7(15)2-1-3-8(11)16/h1-5,18-19H,(H,17,20). The van der Waals surface area contributed by atoms with Crippen molar-refractivity contribution >= 4 is 23.2 Å². The number of phenolic OH excluding ortho intramolecular Hbond substituents is 2. The van der Waals surface area contributed by atoms with Crippen molar-refractivity contribution in [2.45, 2.75) is 0 Å². The largest absolute Gasteiger partial charge is 0.506 e. The molecule has 0 bridgehead atoms. The van der Waals surface area contributed by atoms with Gasteiger partial charge in [0, 0.05) is 17.2 Å². The van der Waals surface area contributed by atoms with Crippen LogP contribution in [0, 0.1) is 11.6 Å². The summed E-state index contributed by atoms with van der Waals surface area (Å²) in [6.45, 7) is 0. The first-order valence-corrected chi connectivity index (χ1v) is 5.74. The number of aromatic hydroxyl groups is 2. The molecule has 0 fully saturated rings. The maximum absolute atomic E-state index is 13.4. The van der Waals surface area contributed by atoms with E-state index in [2.05, 4.69) is 0 Å². The van der Waals surface area contributed by atoms with Crippen LogP contribution in [-0.4, -0.2) is 16.1 Å². The summed E-state index contributed by atoms with van der Waals surface area (Å²) in [5, 5.41) is 21.2. The van der Waals surface area contributed by atoms with Gasteiger partial charge in [0.2, 0.25) is 0 Å². The average Bonchev–Trinajstić information content (AvgIpc) is 2.33. The molecule has 2 aromatic rings. The van der Waals surface area contributed by atoms with Crippen molar-refractivity contribution in [1.82, 2.24) is 0 Å². The minimum absolute atomic E-state index is 0.0371. The average molecular weight is 300 g/mol. The summed E-state index contributed by atoms with van der Waals surface area (Å²) in [7, 11) is 0. The number of rotatable bonds is 2. The van der Waals surface area contributed by atoms with Gasteiger partial charge in [0.15, 0.2) is 0 Å². The van der Waals surface area contributed by atoms with Crippen LogP contribution in [0.4, 0.5) is 14.5 Å². The number of carbonyl (C=O) groups excluding carboxylic acids is 1. The van der Waals surface area contributed by atoms with Gasteiger partial charge in [-0.3, -0.25) is 4.79 Å². The van der Waals surface area contributed by atoms with E-state index in [4.69, 9.17) is 11.6 Å². The van der Waals surface area contributed by atoms with Crippen molar-refractivity contribution < 1.29 is 23.8 Å². The Morgan fingerprint density at radius 1 is 1.10 bits per heavy atom. The van der Waals surface area contributed by atoms with Gasteiger partial charge in [-0.25, -0.2) is 8.78 Å². The van der Waals surface area contributed by atoms with Crippen molar-refractivity contribution in [1.29, 1.82) is 0 Å². The zero-order valence-electron chi connectivity index (χ0n) is 9.82. The number of halogens is 3. The smallest absolute Gasteiger partial charge is 0.261 e. The topological polar surface area (TPSA) is 69.6 Å². The first-order chi connectivity index (χ1) is 9.40. The normalized spacial score (nSPS) is 10.3. The van der Waals surface area contributed by atoms with Gasteiger partial charge < -0.3 is 15.5 Å². The summed E-state index contributed by atoms with van der Waals surface area (Å²) in [5.41, 5.74) is -1.21. The van der Waals surface area contributed by atoms with Gasteiger partial charge in [0.05, 0.1) is 0 Å². The van der Waals surface area contributed by atoms with Crippen LogP contribution in [-0.2, 0) is 0 Å². The molecule has 0 saturated heterocycles. The number of amides is 1. The number of benzene rings is 2. The van der Waals surface area contributed by atoms with E-state index in [1.54, 1.807) is 0 Å². The minimum Gasteiger partial charge on any atom is -0.506 e. The van der Waals surface area contributed by atoms with Crippen LogP contribution in [0.1, 0.15) is 10.4 Å². The van der Waals surface area contributed by atoms with Gasteiger partial charge in [0.25, 0.3) is 5.91 Å². The fraction of sp³-hybridized carbons (Fsp3) is 0. The predicted octanol–water partition coefficient (Wildman–Crippen LogP) is 3.28. The highest BCUT2D eigenvalue weighted by molar-refractivity contribution is 6.31. The Labute approximate surface area is 117 Å². The Bertz CT molecular complexity index is 648. The number of phenols is 2. The van der Waals surface area contributed by atoms with E-state index in [-0.39, 0.29) is 10.7 Å². The van der Waals surface area contributed by atoms with Crippen LogP contribution in [0.3, 0.4) is 0 Å². The lowest BCUT2D eigenvalue weighted by Crippen LogP contribution is -2.16. The van der Waals surface area contributed by atoms with Gasteiger partial charge in [-0.2, -0.15) is 0 Å². The number of nitrogens with one attached hydrogen (secondary N) is 1. The van der Waals surface area contributed by atoms with Crippen molar-refractivity contribution in [3.8, 4) is 11.5 Å². The molecule has 4 nitrogen and oxygen atoms in total. The van der Waals surface area contributed by atoms with Crippen LogP contribution >= 0.6 is 11.6 Å². The number of anilines is 1. The lowest BCUT2D eigenvalue weighted by Gasteiger charge is -2.10. The van der Waals surface area contributed by atoms with Crippen molar-refractivity contribution in [2.24, 2.45) is 0 Å². The Morgan fingerprint density at radius 3 is 2.10 bits per heavy atom. The summed E-state index contributed by atoms with van der Waals surface area (Å²) in [5.74, 6) is -4.32. The van der Waals surface area contributed by atoms with Crippen molar-refractivity contribution in [3.63, 3.8) is 0 Å². The summed E-state index contributed by atoms with van der Waals surface area (Å²) in [6, 6.07) is 5.07. The Kier molecular flexibility index (Phi) is 3.76. The van der Waals surface area contributed by atoms with E-state index >= 15 is 0 Å². The Balaban J connectivity index is 2.38. The third kappa shape index (κ3) is 2.65. The van der Waals surface area contributed by atoms with E-state index in [0.29, 0.717) is 0 Å². The molecule has 0 aliphatic carbocycles. The van der Waals surface area contributed by atoms with Gasteiger partial charge in [0.1, 0.15) is 34.4 Å². The molecular weight excluding hydrogens is 292 g/mol. The highest BCUT2D eigenvalue weighted by atomic mass is 35.5. The molecule has 1 amide bonds. The lowest BCUT2D eigenvalue weighted by atomic mass is 10.1. The monoisotopic (exact) mass is 299 g/mol. The van der Waals surface area contributed by atoms with Crippen LogP contribution in [0.15, 0.2) is 30.3 Å². The molecule has 0 spiro atoms. The van der Waals surface area contributed by atoms with Crippen LogP contribution in [0.25, 0.3) is 0 Å². The highest BCUT2D eigenvalue weighted by Gasteiger charge is 2.20. The van der Waals surface area contributed by atoms with E-state index < -0.39 is 34.6 Å². The molecular formula is C13H8ClF2NO3. The van der Waals surface area contributed by atoms with Gasteiger partial charge in [-0.15, -0.1) is 0 Å².